The molecule has 0 saturated heterocycles. The van der Waals surface area contributed by atoms with Gasteiger partial charge in [0.2, 0.25) is 0 Å². The summed E-state index contributed by atoms with van der Waals surface area (Å²) < 4.78 is 0. The maximum atomic E-state index is 9.91. The Morgan fingerprint density at radius 2 is 1.77 bits per heavy atom. The lowest BCUT2D eigenvalue weighted by Crippen LogP contribution is -1.96. The molecule has 5 heteroatoms. The number of aliphatic hydroxyl groups is 1. The second kappa shape index (κ2) is 8.48. The van der Waals surface area contributed by atoms with Gasteiger partial charge in [0.25, 0.3) is 0 Å². The highest BCUT2D eigenvalue weighted by Gasteiger charge is 1.95. The molecule has 0 bridgehead atoms. The molecular formula is C8H12O5. The van der Waals surface area contributed by atoms with Crippen molar-refractivity contribution in [2.45, 2.75) is 6.92 Å². The van der Waals surface area contributed by atoms with Crippen LogP contribution in [0, 0.1) is 0 Å². The normalized spacial score (nSPS) is 9.54. The Hall–Kier alpha value is -1.62. The Kier molecular flexibility index (Phi) is 9.09. The highest BCUT2D eigenvalue weighted by atomic mass is 16.4. The summed E-state index contributed by atoms with van der Waals surface area (Å²) in [5.41, 5.74) is 0.174. The van der Waals surface area contributed by atoms with Gasteiger partial charge in [0.05, 0.1) is 6.61 Å². The van der Waals surface area contributed by atoms with Gasteiger partial charge in [0, 0.05) is 11.6 Å². The molecule has 3 N–H and O–H groups in total. The predicted molar refractivity (Wildman–Crippen MR) is 46.3 cm³/mol. The fourth-order valence-electron chi connectivity index (χ4n) is 0.224. The molecule has 0 aromatic carbocycles. The number of carboxylic acids is 2. The first-order chi connectivity index (χ1) is 5.95. The lowest BCUT2D eigenvalue weighted by molar-refractivity contribution is -0.133. The molecule has 0 saturated carbocycles. The number of rotatable bonds is 3. The van der Waals surface area contributed by atoms with Crippen LogP contribution < -0.4 is 0 Å². The lowest BCUT2D eigenvalue weighted by atomic mass is 10.3. The van der Waals surface area contributed by atoms with Gasteiger partial charge in [-0.15, -0.1) is 0 Å². The van der Waals surface area contributed by atoms with Crippen LogP contribution in [0.25, 0.3) is 0 Å². The molecule has 0 unspecified atom stereocenters. The summed E-state index contributed by atoms with van der Waals surface area (Å²) >= 11 is 0. The average molecular weight is 188 g/mol. The molecule has 0 heterocycles. The third-order valence-electron chi connectivity index (χ3n) is 0.909. The number of carbonyl (C=O) groups is 2. The minimum atomic E-state index is -0.987. The van der Waals surface area contributed by atoms with Crippen LogP contribution in [0.2, 0.25) is 0 Å². The van der Waals surface area contributed by atoms with Gasteiger partial charge >= 0.3 is 11.9 Å². The van der Waals surface area contributed by atoms with E-state index >= 15 is 0 Å². The molecule has 0 spiro atoms. The summed E-state index contributed by atoms with van der Waals surface area (Å²) in [5, 5.41) is 23.9. The molecule has 0 amide bonds. The van der Waals surface area contributed by atoms with E-state index in [1.807, 2.05) is 0 Å². The van der Waals surface area contributed by atoms with E-state index in [-0.39, 0.29) is 12.2 Å². The highest BCUT2D eigenvalue weighted by molar-refractivity contribution is 5.85. The zero-order chi connectivity index (χ0) is 10.9. The molecule has 0 aromatic rings. The molecule has 0 atom stereocenters. The molecule has 0 aromatic heterocycles. The van der Waals surface area contributed by atoms with Gasteiger partial charge in [0.1, 0.15) is 0 Å². The first-order valence-corrected chi connectivity index (χ1v) is 3.32. The van der Waals surface area contributed by atoms with E-state index in [1.54, 1.807) is 0 Å². The van der Waals surface area contributed by atoms with Crippen molar-refractivity contribution in [3.63, 3.8) is 0 Å². The van der Waals surface area contributed by atoms with E-state index in [4.69, 9.17) is 15.3 Å². The van der Waals surface area contributed by atoms with Gasteiger partial charge in [-0.25, -0.2) is 9.59 Å². The largest absolute Gasteiger partial charge is 0.478 e. The van der Waals surface area contributed by atoms with Gasteiger partial charge in [0.15, 0.2) is 0 Å². The molecular weight excluding hydrogens is 176 g/mol. The smallest absolute Gasteiger partial charge is 0.331 e. The first-order valence-electron chi connectivity index (χ1n) is 3.32. The maximum Gasteiger partial charge on any atom is 0.331 e. The van der Waals surface area contributed by atoms with E-state index in [0.29, 0.717) is 0 Å². The molecule has 13 heavy (non-hydrogen) atoms. The van der Waals surface area contributed by atoms with Crippen molar-refractivity contribution >= 4 is 11.9 Å². The van der Waals surface area contributed by atoms with Gasteiger partial charge in [-0.3, -0.25) is 0 Å². The molecule has 5 nitrogen and oxygen atoms in total. The molecule has 0 aliphatic carbocycles. The summed E-state index contributed by atoms with van der Waals surface area (Å²) in [4.78, 5) is 19.2. The molecule has 0 aliphatic rings. The third kappa shape index (κ3) is 13.4. The van der Waals surface area contributed by atoms with Crippen LogP contribution in [0.15, 0.2) is 24.3 Å². The summed E-state index contributed by atoms with van der Waals surface area (Å²) in [6, 6.07) is 0. The Labute approximate surface area is 75.6 Å². The summed E-state index contributed by atoms with van der Waals surface area (Å²) in [5.74, 6) is -1.97. The third-order valence-corrected chi connectivity index (χ3v) is 0.909. The van der Waals surface area contributed by atoms with E-state index in [2.05, 4.69) is 6.58 Å². The minimum Gasteiger partial charge on any atom is -0.478 e. The molecule has 74 valence electrons. The SMILES string of the molecule is C=CC(=O)O.CC(=CCO)C(=O)O. The minimum absolute atomic E-state index is 0.174. The monoisotopic (exact) mass is 188 g/mol. The fourth-order valence-corrected chi connectivity index (χ4v) is 0.224. The van der Waals surface area contributed by atoms with Crippen LogP contribution in [-0.2, 0) is 9.59 Å². The van der Waals surface area contributed by atoms with Crippen LogP contribution in [-0.4, -0.2) is 33.9 Å². The number of aliphatic hydroxyl groups excluding tert-OH is 1. The number of aliphatic carboxylic acids is 2. The summed E-state index contributed by atoms with van der Waals surface area (Å²) in [6.45, 7) is 4.18. The van der Waals surface area contributed by atoms with Crippen molar-refractivity contribution in [3.05, 3.63) is 24.3 Å². The van der Waals surface area contributed by atoms with Crippen LogP contribution >= 0.6 is 0 Å². The Morgan fingerprint density at radius 1 is 1.38 bits per heavy atom. The zero-order valence-electron chi connectivity index (χ0n) is 7.23. The van der Waals surface area contributed by atoms with Crippen LogP contribution in [0.1, 0.15) is 6.92 Å². The topological polar surface area (TPSA) is 94.8 Å². The molecule has 0 aliphatic heterocycles. The summed E-state index contributed by atoms with van der Waals surface area (Å²) in [6.07, 6.45) is 2.07. The van der Waals surface area contributed by atoms with Crippen molar-refractivity contribution in [3.8, 4) is 0 Å². The zero-order valence-corrected chi connectivity index (χ0v) is 7.23. The standard InChI is InChI=1S/C5H8O3.C3H4O2/c1-4(2-3-6)5(7)8;1-2-3(4)5/h2,6H,3H2,1H3,(H,7,8);2H,1H2,(H,4,5). The first kappa shape index (κ1) is 13.9. The lowest BCUT2D eigenvalue weighted by Gasteiger charge is -1.86. The Morgan fingerprint density at radius 3 is 1.85 bits per heavy atom. The summed E-state index contributed by atoms with van der Waals surface area (Å²) in [7, 11) is 0. The van der Waals surface area contributed by atoms with Crippen molar-refractivity contribution in [2.75, 3.05) is 6.61 Å². The molecule has 0 rings (SSSR count). The Balaban J connectivity index is 0. The van der Waals surface area contributed by atoms with E-state index in [9.17, 15) is 9.59 Å². The van der Waals surface area contributed by atoms with Gasteiger partial charge < -0.3 is 15.3 Å². The molecule has 0 fully saturated rings. The van der Waals surface area contributed by atoms with Crippen LogP contribution in [0.4, 0.5) is 0 Å². The van der Waals surface area contributed by atoms with Crippen LogP contribution in [0.3, 0.4) is 0 Å². The second-order valence-electron chi connectivity index (χ2n) is 1.92. The van der Waals surface area contributed by atoms with E-state index in [0.717, 1.165) is 6.08 Å². The average Bonchev–Trinajstić information content (AvgIpc) is 2.06. The predicted octanol–water partition coefficient (Wildman–Crippen LogP) is 0.267. The van der Waals surface area contributed by atoms with Gasteiger partial charge in [-0.2, -0.15) is 0 Å². The maximum absolute atomic E-state index is 9.91. The van der Waals surface area contributed by atoms with E-state index in [1.165, 1.54) is 13.0 Å². The quantitative estimate of drug-likeness (QED) is 0.552. The number of carboxylic acid groups (broad SMARTS) is 2. The second-order valence-corrected chi connectivity index (χ2v) is 1.92. The molecule has 0 radical (unpaired) electrons. The van der Waals surface area contributed by atoms with Crippen molar-refractivity contribution in [1.29, 1.82) is 0 Å². The number of hydrogen-bond acceptors (Lipinski definition) is 3. The van der Waals surface area contributed by atoms with Gasteiger partial charge in [-0.05, 0) is 13.0 Å². The van der Waals surface area contributed by atoms with Crippen molar-refractivity contribution in [2.24, 2.45) is 0 Å². The van der Waals surface area contributed by atoms with E-state index < -0.39 is 11.9 Å². The number of hydrogen-bond donors (Lipinski definition) is 3. The van der Waals surface area contributed by atoms with Gasteiger partial charge in [-0.1, -0.05) is 6.58 Å². The Bertz CT molecular complexity index is 217. The van der Waals surface area contributed by atoms with Crippen LogP contribution in [0.5, 0.6) is 0 Å². The van der Waals surface area contributed by atoms with Crippen molar-refractivity contribution in [1.82, 2.24) is 0 Å². The highest BCUT2D eigenvalue weighted by Crippen LogP contribution is 1.88. The van der Waals surface area contributed by atoms with Crippen molar-refractivity contribution < 1.29 is 24.9 Å². The fraction of sp³-hybridized carbons (Fsp3) is 0.250.